The Labute approximate surface area is 196 Å². The molecule has 0 saturated heterocycles. The van der Waals surface area contributed by atoms with Crippen molar-refractivity contribution in [1.29, 1.82) is 0 Å². The summed E-state index contributed by atoms with van der Waals surface area (Å²) in [5.74, 6) is 1.98. The molecule has 3 N–H and O–H groups in total. The summed E-state index contributed by atoms with van der Waals surface area (Å²) in [6.45, 7) is 1.89. The lowest BCUT2D eigenvalue weighted by molar-refractivity contribution is -0.113. The SMILES string of the molecule is COc1cc(Nc2ncc3c(C)nc(-c4cccc(/C=C/C(N)=O)c4)n3n2)cc(OC)c1OC. The number of carbonyl (C=O) groups is 1. The fourth-order valence-electron chi connectivity index (χ4n) is 3.51. The van der Waals surface area contributed by atoms with E-state index in [0.717, 1.165) is 22.3 Å². The minimum atomic E-state index is -0.511. The van der Waals surface area contributed by atoms with Crippen molar-refractivity contribution < 1.29 is 19.0 Å². The first kappa shape index (κ1) is 22.6. The third-order valence-electron chi connectivity index (χ3n) is 5.08. The van der Waals surface area contributed by atoms with Crippen LogP contribution in [0, 0.1) is 6.92 Å². The number of nitrogens with zero attached hydrogens (tertiary/aromatic N) is 4. The number of primary amides is 1. The molecule has 1 amide bonds. The number of imidazole rings is 1. The first-order chi connectivity index (χ1) is 16.4. The number of methoxy groups -OCH3 is 3. The Bertz CT molecular complexity index is 1370. The maximum absolute atomic E-state index is 11.1. The molecule has 0 unspecified atom stereocenters. The average molecular weight is 460 g/mol. The Kier molecular flexibility index (Phi) is 6.30. The Hall–Kier alpha value is -4.60. The number of amides is 1. The van der Waals surface area contributed by atoms with Gasteiger partial charge in [-0.25, -0.2) is 14.5 Å². The highest BCUT2D eigenvalue weighted by atomic mass is 16.5. The number of ether oxygens (including phenoxy) is 3. The van der Waals surface area contributed by atoms with Gasteiger partial charge in [-0.05, 0) is 24.6 Å². The van der Waals surface area contributed by atoms with Crippen LogP contribution in [0.15, 0.2) is 48.7 Å². The number of hydrogen-bond acceptors (Lipinski definition) is 8. The summed E-state index contributed by atoms with van der Waals surface area (Å²) in [4.78, 5) is 20.2. The van der Waals surface area contributed by atoms with Crippen LogP contribution in [0.1, 0.15) is 11.3 Å². The largest absolute Gasteiger partial charge is 0.493 e. The molecule has 10 heteroatoms. The molecule has 4 rings (SSSR count). The number of aryl methyl sites for hydroxylation is 1. The zero-order valence-electron chi connectivity index (χ0n) is 19.2. The van der Waals surface area contributed by atoms with E-state index in [4.69, 9.17) is 19.9 Å². The van der Waals surface area contributed by atoms with E-state index in [9.17, 15) is 4.79 Å². The van der Waals surface area contributed by atoms with Gasteiger partial charge in [0, 0.05) is 29.5 Å². The van der Waals surface area contributed by atoms with Crippen LogP contribution in [-0.4, -0.2) is 46.8 Å². The highest BCUT2D eigenvalue weighted by molar-refractivity contribution is 5.90. The number of fused-ring (bicyclic) bond motifs is 1. The van der Waals surface area contributed by atoms with Crippen molar-refractivity contribution in [1.82, 2.24) is 19.6 Å². The normalized spacial score (nSPS) is 11.1. The van der Waals surface area contributed by atoms with Gasteiger partial charge in [0.05, 0.1) is 33.2 Å². The molecule has 10 nitrogen and oxygen atoms in total. The van der Waals surface area contributed by atoms with Gasteiger partial charge in [-0.3, -0.25) is 4.79 Å². The van der Waals surface area contributed by atoms with Gasteiger partial charge in [0.2, 0.25) is 17.6 Å². The van der Waals surface area contributed by atoms with E-state index in [1.165, 1.54) is 6.08 Å². The van der Waals surface area contributed by atoms with E-state index >= 15 is 0 Å². The van der Waals surface area contributed by atoms with Gasteiger partial charge in [0.1, 0.15) is 5.52 Å². The summed E-state index contributed by atoms with van der Waals surface area (Å²) in [5, 5.41) is 7.83. The maximum atomic E-state index is 11.1. The molecular formula is C24H24N6O4. The van der Waals surface area contributed by atoms with E-state index in [-0.39, 0.29) is 0 Å². The van der Waals surface area contributed by atoms with Crippen LogP contribution in [0.4, 0.5) is 11.6 Å². The first-order valence-corrected chi connectivity index (χ1v) is 10.3. The van der Waals surface area contributed by atoms with Crippen LogP contribution in [0.5, 0.6) is 17.2 Å². The number of aromatic nitrogens is 4. The van der Waals surface area contributed by atoms with E-state index in [1.807, 2.05) is 31.2 Å². The predicted octanol–water partition coefficient (Wildman–Crippen LogP) is 3.37. The Balaban J connectivity index is 1.74. The van der Waals surface area contributed by atoms with Gasteiger partial charge in [0.25, 0.3) is 0 Å². The molecule has 4 aromatic rings. The zero-order valence-corrected chi connectivity index (χ0v) is 19.2. The van der Waals surface area contributed by atoms with E-state index < -0.39 is 5.91 Å². The van der Waals surface area contributed by atoms with Crippen LogP contribution in [0.25, 0.3) is 23.0 Å². The maximum Gasteiger partial charge on any atom is 0.245 e. The molecule has 0 aliphatic rings. The van der Waals surface area contributed by atoms with Crippen LogP contribution >= 0.6 is 0 Å². The smallest absolute Gasteiger partial charge is 0.245 e. The Morgan fingerprint density at radius 3 is 2.47 bits per heavy atom. The number of carbonyl (C=O) groups excluding carboxylic acids is 1. The highest BCUT2D eigenvalue weighted by Crippen LogP contribution is 2.40. The van der Waals surface area contributed by atoms with Gasteiger partial charge < -0.3 is 25.3 Å². The van der Waals surface area contributed by atoms with Gasteiger partial charge in [0.15, 0.2) is 17.3 Å². The van der Waals surface area contributed by atoms with Crippen molar-refractivity contribution in [3.05, 3.63) is 59.9 Å². The molecule has 0 bridgehead atoms. The Morgan fingerprint density at radius 1 is 1.09 bits per heavy atom. The monoisotopic (exact) mass is 460 g/mol. The van der Waals surface area contributed by atoms with Crippen LogP contribution < -0.4 is 25.3 Å². The van der Waals surface area contributed by atoms with Crippen molar-refractivity contribution >= 4 is 29.1 Å². The fraction of sp³-hybridized carbons (Fsp3) is 0.167. The first-order valence-electron chi connectivity index (χ1n) is 10.3. The summed E-state index contributed by atoms with van der Waals surface area (Å²) in [7, 11) is 4.65. The zero-order chi connectivity index (χ0) is 24.2. The Morgan fingerprint density at radius 2 is 1.82 bits per heavy atom. The summed E-state index contributed by atoms with van der Waals surface area (Å²) in [5.41, 5.74) is 9.06. The number of hydrogen-bond donors (Lipinski definition) is 2. The van der Waals surface area contributed by atoms with Crippen molar-refractivity contribution in [2.75, 3.05) is 26.6 Å². The van der Waals surface area contributed by atoms with Crippen molar-refractivity contribution in [2.45, 2.75) is 6.92 Å². The molecule has 0 atom stereocenters. The lowest BCUT2D eigenvalue weighted by Gasteiger charge is -2.14. The van der Waals surface area contributed by atoms with Crippen molar-refractivity contribution in [2.24, 2.45) is 5.73 Å². The minimum absolute atomic E-state index is 0.352. The van der Waals surface area contributed by atoms with E-state index in [0.29, 0.717) is 34.7 Å². The number of rotatable bonds is 8. The number of nitrogens with one attached hydrogen (secondary N) is 1. The van der Waals surface area contributed by atoms with Gasteiger partial charge in [-0.15, -0.1) is 5.10 Å². The molecule has 0 fully saturated rings. The second-order valence-corrected chi connectivity index (χ2v) is 7.30. The van der Waals surface area contributed by atoms with Crippen LogP contribution in [0.3, 0.4) is 0 Å². The minimum Gasteiger partial charge on any atom is -0.493 e. The molecule has 0 saturated carbocycles. The standard InChI is InChI=1S/C24H24N6O4/c1-14-18-13-26-24(28-17-11-19(32-2)22(34-4)20(12-17)33-3)29-30(18)23(27-14)16-7-5-6-15(10-16)8-9-21(25)31/h5-13H,1-4H3,(H2,25,31)(H,28,29)/b9-8+. The number of anilines is 2. The molecule has 2 aromatic heterocycles. The second-order valence-electron chi connectivity index (χ2n) is 7.30. The third kappa shape index (κ3) is 4.46. The van der Waals surface area contributed by atoms with Crippen LogP contribution in [-0.2, 0) is 4.79 Å². The number of nitrogens with two attached hydrogens (primary N) is 1. The molecule has 174 valence electrons. The third-order valence-corrected chi connectivity index (χ3v) is 5.08. The average Bonchev–Trinajstić information content (AvgIpc) is 3.17. The predicted molar refractivity (Wildman–Crippen MR) is 129 cm³/mol. The molecule has 0 aliphatic heterocycles. The molecule has 34 heavy (non-hydrogen) atoms. The van der Waals surface area contributed by atoms with Crippen molar-refractivity contribution in [3.63, 3.8) is 0 Å². The van der Waals surface area contributed by atoms with Gasteiger partial charge in [-0.1, -0.05) is 18.2 Å². The summed E-state index contributed by atoms with van der Waals surface area (Å²) in [6, 6.07) is 11.1. The number of benzene rings is 2. The lowest BCUT2D eigenvalue weighted by Crippen LogP contribution is -2.05. The molecule has 0 spiro atoms. The quantitative estimate of drug-likeness (QED) is 0.383. The van der Waals surface area contributed by atoms with E-state index in [2.05, 4.69) is 20.4 Å². The summed E-state index contributed by atoms with van der Waals surface area (Å²) < 4.78 is 17.9. The summed E-state index contributed by atoms with van der Waals surface area (Å²) in [6.07, 6.45) is 4.67. The lowest BCUT2D eigenvalue weighted by atomic mass is 10.1. The van der Waals surface area contributed by atoms with Crippen LogP contribution in [0.2, 0.25) is 0 Å². The molecule has 2 aromatic carbocycles. The highest BCUT2D eigenvalue weighted by Gasteiger charge is 2.16. The topological polar surface area (TPSA) is 126 Å². The van der Waals surface area contributed by atoms with Gasteiger partial charge >= 0.3 is 0 Å². The van der Waals surface area contributed by atoms with Gasteiger partial charge in [-0.2, -0.15) is 0 Å². The fourth-order valence-corrected chi connectivity index (χ4v) is 3.51. The van der Waals surface area contributed by atoms with Crippen molar-refractivity contribution in [3.8, 4) is 28.6 Å². The molecular weight excluding hydrogens is 436 g/mol. The molecule has 2 heterocycles. The summed E-state index contributed by atoms with van der Waals surface area (Å²) >= 11 is 0. The second kappa shape index (κ2) is 9.49. The molecule has 0 aliphatic carbocycles. The molecule has 0 radical (unpaired) electrons. The van der Waals surface area contributed by atoms with E-state index in [1.54, 1.807) is 50.3 Å².